The Morgan fingerprint density at radius 2 is 1.97 bits per heavy atom. The molecule has 0 spiro atoms. The molecule has 0 fully saturated rings. The quantitative estimate of drug-likeness (QED) is 0.187. The first-order chi connectivity index (χ1) is 17.9. The van der Waals surface area contributed by atoms with E-state index in [0.29, 0.717) is 12.1 Å². The van der Waals surface area contributed by atoms with Crippen molar-refractivity contribution in [2.24, 2.45) is 5.10 Å². The Morgan fingerprint density at radius 3 is 2.65 bits per heavy atom. The third kappa shape index (κ3) is 6.36. The predicted octanol–water partition coefficient (Wildman–Crippen LogP) is 4.43. The second kappa shape index (κ2) is 12.0. The van der Waals surface area contributed by atoms with Gasteiger partial charge in [-0.2, -0.15) is 5.10 Å². The molecule has 3 aromatic rings. The lowest BCUT2D eigenvalue weighted by molar-refractivity contribution is -0.112. The maximum Gasteiger partial charge on any atom is 0.335 e. The number of aryl methyl sites for hydroxylation is 1. The number of aromatic carboxylic acids is 1. The number of hydrogen-bond donors (Lipinski definition) is 3. The summed E-state index contributed by atoms with van der Waals surface area (Å²) in [5, 5.41) is 15.1. The summed E-state index contributed by atoms with van der Waals surface area (Å²) < 4.78 is 0. The summed E-state index contributed by atoms with van der Waals surface area (Å²) in [6.45, 7) is 2.69. The van der Waals surface area contributed by atoms with E-state index in [9.17, 15) is 14.4 Å². The highest BCUT2D eigenvalue weighted by Gasteiger charge is 2.34. The summed E-state index contributed by atoms with van der Waals surface area (Å²) in [5.41, 5.74) is 11.2. The molecule has 4 N–H and O–H groups in total. The van der Waals surface area contributed by atoms with Crippen LogP contribution >= 0.6 is 23.1 Å². The van der Waals surface area contributed by atoms with E-state index in [1.807, 2.05) is 30.3 Å². The second-order valence-corrected chi connectivity index (χ2v) is 10.5. The molecule has 4 rings (SSSR count). The van der Waals surface area contributed by atoms with Crippen LogP contribution in [0.4, 0.5) is 10.8 Å². The van der Waals surface area contributed by atoms with Crippen LogP contribution in [0.3, 0.4) is 0 Å². The number of amides is 2. The Hall–Kier alpha value is -3.70. The van der Waals surface area contributed by atoms with Gasteiger partial charge in [0.1, 0.15) is 5.69 Å². The van der Waals surface area contributed by atoms with Crippen molar-refractivity contribution in [2.45, 2.75) is 37.5 Å². The minimum absolute atomic E-state index is 0.151. The molecule has 2 amide bonds. The monoisotopic (exact) mass is 537 g/mol. The van der Waals surface area contributed by atoms with E-state index >= 15 is 0 Å². The average Bonchev–Trinajstić information content (AvgIpc) is 3.44. The smallest absolute Gasteiger partial charge is 0.335 e. The first kappa shape index (κ1) is 26.4. The number of carbonyl (C=O) groups excluding carboxylic acids is 2. The molecule has 0 saturated heterocycles. The largest absolute Gasteiger partial charge is 0.478 e. The van der Waals surface area contributed by atoms with Gasteiger partial charge < -0.3 is 15.7 Å². The molecular formula is C26H27N5O4S2. The lowest BCUT2D eigenvalue weighted by Crippen LogP contribution is -2.32. The summed E-state index contributed by atoms with van der Waals surface area (Å²) >= 11 is 2.79. The van der Waals surface area contributed by atoms with Gasteiger partial charge in [-0.15, -0.1) is 23.1 Å². The van der Waals surface area contributed by atoms with Crippen molar-refractivity contribution in [2.75, 3.05) is 22.9 Å². The molecule has 1 aromatic heterocycles. The van der Waals surface area contributed by atoms with E-state index in [2.05, 4.69) is 22.4 Å². The molecule has 9 nitrogen and oxygen atoms in total. The minimum atomic E-state index is -0.943. The number of fused-ring (bicyclic) bond motifs is 1. The summed E-state index contributed by atoms with van der Waals surface area (Å²) in [6, 6.07) is 12.7. The van der Waals surface area contributed by atoms with Crippen molar-refractivity contribution in [1.82, 2.24) is 10.4 Å². The van der Waals surface area contributed by atoms with Crippen LogP contribution in [-0.2, 0) is 11.2 Å². The van der Waals surface area contributed by atoms with Crippen molar-refractivity contribution in [3.8, 4) is 0 Å². The number of aromatic nitrogens is 1. The fourth-order valence-electron chi connectivity index (χ4n) is 3.89. The first-order valence-electron chi connectivity index (χ1n) is 11.9. The van der Waals surface area contributed by atoms with Crippen LogP contribution in [0.15, 0.2) is 57.8 Å². The number of hydrogen-bond acceptors (Lipinski definition) is 8. The van der Waals surface area contributed by atoms with Crippen molar-refractivity contribution in [3.05, 3.63) is 70.2 Å². The molecule has 0 atom stereocenters. The Kier molecular flexibility index (Phi) is 8.57. The van der Waals surface area contributed by atoms with Gasteiger partial charge in [0, 0.05) is 28.1 Å². The fraction of sp³-hybridized carbons (Fsp3) is 0.269. The zero-order chi connectivity index (χ0) is 26.4. The Balaban J connectivity index is 1.50. The maximum atomic E-state index is 13.3. The summed E-state index contributed by atoms with van der Waals surface area (Å²) in [4.78, 5) is 43.4. The number of nitrogens with zero attached hydrogens (tertiary/aromatic N) is 3. The van der Waals surface area contributed by atoms with Crippen LogP contribution in [0.25, 0.3) is 0 Å². The molecule has 0 unspecified atom stereocenters. The van der Waals surface area contributed by atoms with Gasteiger partial charge in [-0.3, -0.25) is 9.59 Å². The zero-order valence-corrected chi connectivity index (χ0v) is 21.9. The Morgan fingerprint density at radius 1 is 1.19 bits per heavy atom. The number of unbranched alkanes of at least 4 members (excludes halogenated alkanes) is 2. The number of anilines is 2. The summed E-state index contributed by atoms with van der Waals surface area (Å²) in [5.74, 6) is -0.946. The highest BCUT2D eigenvalue weighted by Crippen LogP contribution is 2.33. The lowest BCUT2D eigenvalue weighted by Gasteiger charge is -2.16. The molecule has 1 aliphatic heterocycles. The number of thiazole rings is 1. The molecular weight excluding hydrogens is 510 g/mol. The molecule has 0 aliphatic carbocycles. The molecule has 37 heavy (non-hydrogen) atoms. The summed E-state index contributed by atoms with van der Waals surface area (Å²) in [6.07, 6.45) is 3.68. The topological polar surface area (TPSA) is 138 Å². The fourth-order valence-corrected chi connectivity index (χ4v) is 5.37. The second-order valence-electron chi connectivity index (χ2n) is 8.42. The number of carboxylic acid groups (broad SMARTS) is 1. The lowest BCUT2D eigenvalue weighted by atomic mass is 10.1. The molecule has 0 bridgehead atoms. The van der Waals surface area contributed by atoms with Crippen LogP contribution < -0.4 is 16.1 Å². The summed E-state index contributed by atoms with van der Waals surface area (Å²) in [7, 11) is 0. The molecule has 2 heterocycles. The maximum absolute atomic E-state index is 13.3. The van der Waals surface area contributed by atoms with Crippen LogP contribution in [0, 0.1) is 0 Å². The van der Waals surface area contributed by atoms with Gasteiger partial charge in [0.15, 0.2) is 10.8 Å². The van der Waals surface area contributed by atoms with Gasteiger partial charge in [0.2, 0.25) is 0 Å². The number of rotatable bonds is 11. The van der Waals surface area contributed by atoms with Gasteiger partial charge >= 0.3 is 5.97 Å². The number of carbonyl (C=O) groups is 3. The molecule has 11 heteroatoms. The van der Waals surface area contributed by atoms with Crippen LogP contribution in [0.5, 0.6) is 0 Å². The third-order valence-electron chi connectivity index (χ3n) is 5.83. The van der Waals surface area contributed by atoms with Crippen LogP contribution in [0.2, 0.25) is 0 Å². The number of nitrogens with one attached hydrogen (secondary N) is 1. The molecule has 0 saturated carbocycles. The number of thioether (sulfide) groups is 1. The number of nitrogen functional groups attached to an aromatic ring is 1. The van der Waals surface area contributed by atoms with Crippen molar-refractivity contribution >= 4 is 57.4 Å². The molecule has 192 valence electrons. The van der Waals surface area contributed by atoms with Crippen LogP contribution in [0.1, 0.15) is 58.2 Å². The van der Waals surface area contributed by atoms with Crippen molar-refractivity contribution in [3.63, 3.8) is 0 Å². The number of hydrazone groups is 1. The van der Waals surface area contributed by atoms with E-state index < -0.39 is 11.9 Å². The van der Waals surface area contributed by atoms with Gasteiger partial charge in [-0.25, -0.2) is 15.2 Å². The van der Waals surface area contributed by atoms with E-state index in [1.54, 1.807) is 28.8 Å². The zero-order valence-electron chi connectivity index (χ0n) is 20.3. The van der Waals surface area contributed by atoms with Crippen LogP contribution in [-0.4, -0.2) is 45.9 Å². The highest BCUT2D eigenvalue weighted by atomic mass is 32.2. The van der Waals surface area contributed by atoms with Crippen molar-refractivity contribution < 1.29 is 19.5 Å². The van der Waals surface area contributed by atoms with E-state index in [-0.39, 0.29) is 28.0 Å². The number of carboxylic acids is 1. The Bertz CT molecular complexity index is 1340. The van der Waals surface area contributed by atoms with Gasteiger partial charge in [0.05, 0.1) is 11.3 Å². The normalized spacial score (nSPS) is 13.7. The van der Waals surface area contributed by atoms with Gasteiger partial charge in [-0.05, 0) is 48.7 Å². The Labute approximate surface area is 222 Å². The third-order valence-corrected chi connectivity index (χ3v) is 7.50. The van der Waals surface area contributed by atoms with E-state index in [4.69, 9.17) is 10.8 Å². The first-order valence-corrected chi connectivity index (χ1v) is 13.7. The van der Waals surface area contributed by atoms with E-state index in [0.717, 1.165) is 58.9 Å². The SMILES string of the molecule is CCCCCN1C(=O)C(=NNC(=O)c2csc(N)n2)c2cc(SCCc3ccc(C(=O)O)cc3)ccc21. The van der Waals surface area contributed by atoms with Crippen molar-refractivity contribution in [1.29, 1.82) is 0 Å². The molecule has 1 aliphatic rings. The minimum Gasteiger partial charge on any atom is -0.478 e. The molecule has 0 radical (unpaired) electrons. The highest BCUT2D eigenvalue weighted by molar-refractivity contribution is 7.99. The molecule has 2 aromatic carbocycles. The van der Waals surface area contributed by atoms with E-state index in [1.165, 1.54) is 5.38 Å². The van der Waals surface area contributed by atoms with Gasteiger partial charge in [-0.1, -0.05) is 31.9 Å². The standard InChI is InChI=1S/C26H27N5O4S2/c1-2-3-4-12-31-21-10-9-18(36-13-11-16-5-7-17(8-6-16)25(34)35)14-19(21)22(24(31)33)29-30-23(32)20-15-37-26(27)28-20/h5-10,14-15H,2-4,11-13H2,1H3,(H2,27,28)(H,30,32)(H,34,35). The number of benzene rings is 2. The number of nitrogens with two attached hydrogens (primary N) is 1. The predicted molar refractivity (Wildman–Crippen MR) is 147 cm³/mol. The average molecular weight is 538 g/mol. The van der Waals surface area contributed by atoms with Gasteiger partial charge in [0.25, 0.3) is 11.8 Å².